The Balaban J connectivity index is 1.67. The molecule has 3 rings (SSSR count). The van der Waals surface area contributed by atoms with E-state index in [-0.39, 0.29) is 10.8 Å². The Hall–Kier alpha value is -1.44. The molecule has 0 unspecified atom stereocenters. The summed E-state index contributed by atoms with van der Waals surface area (Å²) in [6, 6.07) is 5.53. The molecule has 1 aliphatic carbocycles. The first-order chi connectivity index (χ1) is 12.4. The van der Waals surface area contributed by atoms with Crippen LogP contribution in [0.4, 0.5) is 5.69 Å². The van der Waals surface area contributed by atoms with E-state index >= 15 is 0 Å². The number of sulfonamides is 1. The van der Waals surface area contributed by atoms with Crippen LogP contribution in [0.15, 0.2) is 23.1 Å². The maximum atomic E-state index is 12.6. The third-order valence-electron chi connectivity index (χ3n) is 5.74. The molecule has 2 fully saturated rings. The van der Waals surface area contributed by atoms with Crippen LogP contribution >= 0.6 is 0 Å². The average molecular weight is 380 g/mol. The summed E-state index contributed by atoms with van der Waals surface area (Å²) >= 11 is 0. The molecule has 2 aliphatic rings. The molecule has 1 saturated carbocycles. The number of piperidine rings is 1. The van der Waals surface area contributed by atoms with E-state index in [0.717, 1.165) is 18.9 Å². The molecule has 0 bridgehead atoms. The fourth-order valence-electron chi connectivity index (χ4n) is 4.39. The normalized spacial score (nSPS) is 24.1. The van der Waals surface area contributed by atoms with Gasteiger partial charge in [0, 0.05) is 11.7 Å². The monoisotopic (exact) mass is 379 g/mol. The second kappa shape index (κ2) is 8.06. The first-order valence-corrected chi connectivity index (χ1v) is 11.0. The van der Waals surface area contributed by atoms with Gasteiger partial charge in [-0.1, -0.05) is 18.9 Å². The van der Waals surface area contributed by atoms with Crippen LogP contribution in [0.5, 0.6) is 0 Å². The lowest BCUT2D eigenvalue weighted by molar-refractivity contribution is -0.118. The maximum absolute atomic E-state index is 12.6. The van der Waals surface area contributed by atoms with Crippen molar-refractivity contribution in [1.29, 1.82) is 0 Å². The summed E-state index contributed by atoms with van der Waals surface area (Å²) in [6.07, 6.45) is 7.48. The number of carbonyl (C=O) groups is 1. The summed E-state index contributed by atoms with van der Waals surface area (Å²) in [4.78, 5) is 15.1. The molecule has 0 radical (unpaired) electrons. The van der Waals surface area contributed by atoms with Gasteiger partial charge in [0.1, 0.15) is 0 Å². The standard InChI is InChI=1S/C19H29N3O3S/c1-14-9-10-16(12-18(14)26(24,25)20-2)21-19(23)13-22-11-5-7-15-6-3-4-8-17(15)22/h9-10,12,15,17,20H,3-8,11,13H2,1-2H3,(H,21,23)/t15-,17-/m0/s1. The number of amides is 1. The van der Waals surface area contributed by atoms with Crippen molar-refractivity contribution in [1.82, 2.24) is 9.62 Å². The number of anilines is 1. The van der Waals surface area contributed by atoms with Gasteiger partial charge < -0.3 is 5.32 Å². The molecule has 0 spiro atoms. The van der Waals surface area contributed by atoms with Gasteiger partial charge in [-0.05, 0) is 69.8 Å². The van der Waals surface area contributed by atoms with E-state index in [1.165, 1.54) is 45.2 Å². The fourth-order valence-corrected chi connectivity index (χ4v) is 5.38. The molecule has 26 heavy (non-hydrogen) atoms. The Labute approximate surface area is 156 Å². The highest BCUT2D eigenvalue weighted by Gasteiger charge is 2.33. The lowest BCUT2D eigenvalue weighted by Gasteiger charge is -2.43. The van der Waals surface area contributed by atoms with Gasteiger partial charge in [-0.25, -0.2) is 13.1 Å². The van der Waals surface area contributed by atoms with Crippen molar-refractivity contribution in [3.05, 3.63) is 23.8 Å². The van der Waals surface area contributed by atoms with E-state index < -0.39 is 10.0 Å². The van der Waals surface area contributed by atoms with Crippen molar-refractivity contribution in [2.45, 2.75) is 56.4 Å². The van der Waals surface area contributed by atoms with Crippen molar-refractivity contribution in [3.8, 4) is 0 Å². The maximum Gasteiger partial charge on any atom is 0.240 e. The summed E-state index contributed by atoms with van der Waals surface area (Å²) < 4.78 is 26.5. The van der Waals surface area contributed by atoms with Gasteiger partial charge in [-0.15, -0.1) is 0 Å². The predicted octanol–water partition coefficient (Wildman–Crippen LogP) is 2.50. The van der Waals surface area contributed by atoms with Gasteiger partial charge in [-0.3, -0.25) is 9.69 Å². The zero-order valence-electron chi connectivity index (χ0n) is 15.6. The molecule has 1 aromatic carbocycles. The van der Waals surface area contributed by atoms with Crippen molar-refractivity contribution >= 4 is 21.6 Å². The summed E-state index contributed by atoms with van der Waals surface area (Å²) in [7, 11) is -2.16. The van der Waals surface area contributed by atoms with Crippen LogP contribution < -0.4 is 10.0 Å². The smallest absolute Gasteiger partial charge is 0.240 e. The number of fused-ring (bicyclic) bond motifs is 1. The van der Waals surface area contributed by atoms with E-state index in [4.69, 9.17) is 0 Å². The summed E-state index contributed by atoms with van der Waals surface area (Å²) in [5, 5.41) is 2.88. The van der Waals surface area contributed by atoms with E-state index in [1.807, 2.05) is 0 Å². The van der Waals surface area contributed by atoms with E-state index in [2.05, 4.69) is 14.9 Å². The number of aryl methyl sites for hydroxylation is 1. The molecule has 1 heterocycles. The van der Waals surface area contributed by atoms with Crippen molar-refractivity contribution in [2.75, 3.05) is 25.5 Å². The van der Waals surface area contributed by atoms with Gasteiger partial charge in [0.25, 0.3) is 0 Å². The number of benzene rings is 1. The SMILES string of the molecule is CNS(=O)(=O)c1cc(NC(=O)CN2CCC[C@@H]3CCCC[C@@H]32)ccc1C. The van der Waals surface area contributed by atoms with Crippen LogP contribution in [-0.4, -0.2) is 45.4 Å². The Morgan fingerprint density at radius 3 is 2.69 bits per heavy atom. The van der Waals surface area contributed by atoms with E-state index in [9.17, 15) is 13.2 Å². The topological polar surface area (TPSA) is 78.5 Å². The molecule has 2 N–H and O–H groups in total. The minimum absolute atomic E-state index is 0.0760. The van der Waals surface area contributed by atoms with Gasteiger partial charge >= 0.3 is 0 Å². The quantitative estimate of drug-likeness (QED) is 0.824. The summed E-state index contributed by atoms with van der Waals surface area (Å²) in [6.45, 7) is 3.10. The molecule has 144 valence electrons. The Morgan fingerprint density at radius 2 is 1.92 bits per heavy atom. The van der Waals surface area contributed by atoms with Gasteiger partial charge in [0.05, 0.1) is 11.4 Å². The van der Waals surface area contributed by atoms with Crippen LogP contribution in [-0.2, 0) is 14.8 Å². The first kappa shape index (κ1) is 19.3. The van der Waals surface area contributed by atoms with E-state index in [0.29, 0.717) is 23.8 Å². The second-order valence-electron chi connectivity index (χ2n) is 7.46. The highest BCUT2D eigenvalue weighted by Crippen LogP contribution is 2.35. The number of nitrogens with one attached hydrogen (secondary N) is 2. The average Bonchev–Trinajstić information content (AvgIpc) is 2.63. The number of rotatable bonds is 5. The lowest BCUT2D eigenvalue weighted by Crippen LogP contribution is -2.49. The molecule has 2 atom stereocenters. The van der Waals surface area contributed by atoms with Gasteiger partial charge in [-0.2, -0.15) is 0 Å². The lowest BCUT2D eigenvalue weighted by atomic mass is 9.78. The van der Waals surface area contributed by atoms with Gasteiger partial charge in [0.2, 0.25) is 15.9 Å². The number of nitrogens with zero attached hydrogens (tertiary/aromatic N) is 1. The van der Waals surface area contributed by atoms with Gasteiger partial charge in [0.15, 0.2) is 0 Å². The molecule has 1 amide bonds. The number of likely N-dealkylation sites (tertiary alicyclic amines) is 1. The van der Waals surface area contributed by atoms with Crippen molar-refractivity contribution in [2.24, 2.45) is 5.92 Å². The van der Waals surface area contributed by atoms with Crippen LogP contribution in [0.2, 0.25) is 0 Å². The molecule has 1 aromatic rings. The van der Waals surface area contributed by atoms with Crippen LogP contribution in [0.1, 0.15) is 44.1 Å². The molecule has 0 aromatic heterocycles. The highest BCUT2D eigenvalue weighted by molar-refractivity contribution is 7.89. The molecule has 1 saturated heterocycles. The summed E-state index contributed by atoms with van der Waals surface area (Å²) in [5.41, 5.74) is 1.17. The Bertz CT molecular complexity index is 761. The third-order valence-corrected chi connectivity index (χ3v) is 7.29. The number of hydrogen-bond donors (Lipinski definition) is 2. The zero-order chi connectivity index (χ0) is 18.7. The van der Waals surface area contributed by atoms with Crippen molar-refractivity contribution in [3.63, 3.8) is 0 Å². The molecular weight excluding hydrogens is 350 g/mol. The number of hydrogen-bond acceptors (Lipinski definition) is 4. The molecular formula is C19H29N3O3S. The largest absolute Gasteiger partial charge is 0.325 e. The highest BCUT2D eigenvalue weighted by atomic mass is 32.2. The second-order valence-corrected chi connectivity index (χ2v) is 9.32. The predicted molar refractivity (Wildman–Crippen MR) is 103 cm³/mol. The molecule has 7 heteroatoms. The minimum Gasteiger partial charge on any atom is -0.325 e. The first-order valence-electron chi connectivity index (χ1n) is 9.49. The summed E-state index contributed by atoms with van der Waals surface area (Å²) in [5.74, 6) is 0.657. The Morgan fingerprint density at radius 1 is 1.19 bits per heavy atom. The van der Waals surface area contributed by atoms with Crippen molar-refractivity contribution < 1.29 is 13.2 Å². The minimum atomic E-state index is -3.54. The zero-order valence-corrected chi connectivity index (χ0v) is 16.4. The number of carbonyl (C=O) groups excluding carboxylic acids is 1. The molecule has 1 aliphatic heterocycles. The molecule has 6 nitrogen and oxygen atoms in total. The fraction of sp³-hybridized carbons (Fsp3) is 0.632. The Kier molecular flexibility index (Phi) is 5.99. The third kappa shape index (κ3) is 4.27. The van der Waals surface area contributed by atoms with E-state index in [1.54, 1.807) is 19.1 Å². The van der Waals surface area contributed by atoms with Crippen LogP contribution in [0, 0.1) is 12.8 Å². The van der Waals surface area contributed by atoms with Crippen LogP contribution in [0.25, 0.3) is 0 Å². The van der Waals surface area contributed by atoms with Crippen LogP contribution in [0.3, 0.4) is 0 Å².